The normalized spacial score (nSPS) is 20.4. The molecule has 2 fully saturated rings. The maximum absolute atomic E-state index is 12.8. The number of ether oxygens (including phenoxy) is 1. The zero-order valence-electron chi connectivity index (χ0n) is 16.2. The van der Waals surface area contributed by atoms with Crippen molar-refractivity contribution in [2.45, 2.75) is 12.8 Å². The first-order chi connectivity index (χ1) is 14.2. The lowest BCUT2D eigenvalue weighted by molar-refractivity contribution is -0.137. The monoisotopic (exact) mass is 399 g/mol. The molecule has 0 radical (unpaired) electrons. The van der Waals surface area contributed by atoms with Crippen molar-refractivity contribution in [2.24, 2.45) is 5.92 Å². The summed E-state index contributed by atoms with van der Waals surface area (Å²) in [7, 11) is 0. The summed E-state index contributed by atoms with van der Waals surface area (Å²) in [5.74, 6) is -0.0520. The van der Waals surface area contributed by atoms with E-state index in [9.17, 15) is 9.59 Å². The molecule has 0 saturated carbocycles. The zero-order chi connectivity index (χ0) is 20.1. The Morgan fingerprint density at radius 2 is 2.07 bits per heavy atom. The number of benzene rings is 1. The minimum absolute atomic E-state index is 0.0256. The maximum atomic E-state index is 12.8. The minimum Gasteiger partial charge on any atom is -0.378 e. The molecular formula is C19H25N7O3. The highest BCUT2D eigenvalue weighted by Gasteiger charge is 2.28. The minimum atomic E-state index is -0.141. The fraction of sp³-hybridized carbons (Fsp3) is 0.526. The summed E-state index contributed by atoms with van der Waals surface area (Å²) < 4.78 is 6.84. The molecule has 154 valence electrons. The molecule has 0 bridgehead atoms. The van der Waals surface area contributed by atoms with Crippen LogP contribution in [-0.2, 0) is 14.3 Å². The Morgan fingerprint density at radius 3 is 2.86 bits per heavy atom. The molecule has 2 amide bonds. The van der Waals surface area contributed by atoms with E-state index in [2.05, 4.69) is 25.7 Å². The number of tetrazole rings is 1. The topological polar surface area (TPSA) is 105 Å². The number of anilines is 1. The Morgan fingerprint density at radius 1 is 1.21 bits per heavy atom. The summed E-state index contributed by atoms with van der Waals surface area (Å²) in [6, 6.07) is 7.39. The molecule has 29 heavy (non-hydrogen) atoms. The molecule has 1 aromatic carbocycles. The lowest BCUT2D eigenvalue weighted by Gasteiger charge is -2.34. The second-order valence-electron chi connectivity index (χ2n) is 7.36. The van der Waals surface area contributed by atoms with Crippen LogP contribution in [0.15, 0.2) is 30.6 Å². The number of piperidine rings is 1. The number of amides is 2. The number of rotatable bonds is 5. The second-order valence-corrected chi connectivity index (χ2v) is 7.36. The Balaban J connectivity index is 1.33. The highest BCUT2D eigenvalue weighted by Crippen LogP contribution is 2.20. The van der Waals surface area contributed by atoms with Gasteiger partial charge in [-0.05, 0) is 48.0 Å². The third kappa shape index (κ3) is 4.96. The van der Waals surface area contributed by atoms with Crippen molar-refractivity contribution in [3.05, 3.63) is 30.6 Å². The Bertz CT molecular complexity index is 836. The largest absolute Gasteiger partial charge is 0.378 e. The van der Waals surface area contributed by atoms with Crippen molar-refractivity contribution < 1.29 is 14.3 Å². The number of carbonyl (C=O) groups is 2. The van der Waals surface area contributed by atoms with E-state index in [1.165, 1.54) is 11.0 Å². The van der Waals surface area contributed by atoms with Gasteiger partial charge in [0.15, 0.2) is 0 Å². The molecule has 2 aromatic rings. The molecule has 2 aliphatic heterocycles. The van der Waals surface area contributed by atoms with Gasteiger partial charge in [0.05, 0.1) is 31.4 Å². The van der Waals surface area contributed by atoms with Gasteiger partial charge in [-0.1, -0.05) is 6.07 Å². The van der Waals surface area contributed by atoms with Crippen LogP contribution < -0.4 is 5.32 Å². The van der Waals surface area contributed by atoms with Crippen molar-refractivity contribution in [2.75, 3.05) is 51.3 Å². The fourth-order valence-corrected chi connectivity index (χ4v) is 3.77. The SMILES string of the molecule is O=C(Nc1cccc(-n2cnnn2)c1)C1CCCN(CC(=O)N2CCOCC2)C1. The lowest BCUT2D eigenvalue weighted by atomic mass is 9.97. The van der Waals surface area contributed by atoms with Crippen molar-refractivity contribution in [3.8, 4) is 5.69 Å². The van der Waals surface area contributed by atoms with Crippen LogP contribution in [0.1, 0.15) is 12.8 Å². The standard InChI is InChI=1S/C19H25N7O3/c27-18(25-7-9-29-10-8-25)13-24-6-2-3-15(12-24)19(28)21-16-4-1-5-17(11-16)26-14-20-22-23-26/h1,4-5,11,14-15H,2-3,6-10,12-13H2,(H,21,28). The van der Waals surface area contributed by atoms with Gasteiger partial charge in [-0.2, -0.15) is 0 Å². The van der Waals surface area contributed by atoms with Crippen molar-refractivity contribution in [1.82, 2.24) is 30.0 Å². The van der Waals surface area contributed by atoms with Crippen LogP contribution in [0.25, 0.3) is 5.69 Å². The number of morpholine rings is 1. The van der Waals surface area contributed by atoms with Crippen LogP contribution in [0, 0.1) is 5.92 Å². The molecule has 10 heteroatoms. The molecule has 1 unspecified atom stereocenters. The number of nitrogens with zero attached hydrogens (tertiary/aromatic N) is 6. The third-order valence-electron chi connectivity index (χ3n) is 5.33. The smallest absolute Gasteiger partial charge is 0.236 e. The van der Waals surface area contributed by atoms with E-state index in [4.69, 9.17) is 4.74 Å². The van der Waals surface area contributed by atoms with Gasteiger partial charge < -0.3 is 15.0 Å². The van der Waals surface area contributed by atoms with Gasteiger partial charge in [0.2, 0.25) is 11.8 Å². The van der Waals surface area contributed by atoms with Gasteiger partial charge >= 0.3 is 0 Å². The van der Waals surface area contributed by atoms with Crippen LogP contribution in [-0.4, -0.2) is 87.8 Å². The van der Waals surface area contributed by atoms with Gasteiger partial charge in [-0.3, -0.25) is 14.5 Å². The average Bonchev–Trinajstić information content (AvgIpc) is 3.30. The summed E-state index contributed by atoms with van der Waals surface area (Å²) in [6.07, 6.45) is 3.23. The first kappa shape index (κ1) is 19.5. The molecular weight excluding hydrogens is 374 g/mol. The Hall–Kier alpha value is -2.85. The predicted molar refractivity (Wildman–Crippen MR) is 104 cm³/mol. The molecule has 0 aliphatic carbocycles. The maximum Gasteiger partial charge on any atom is 0.236 e. The van der Waals surface area contributed by atoms with Crippen molar-refractivity contribution in [3.63, 3.8) is 0 Å². The molecule has 4 rings (SSSR count). The highest BCUT2D eigenvalue weighted by atomic mass is 16.5. The summed E-state index contributed by atoms with van der Waals surface area (Å²) >= 11 is 0. The van der Waals surface area contributed by atoms with E-state index >= 15 is 0 Å². The second kappa shape index (κ2) is 9.10. The zero-order valence-corrected chi connectivity index (χ0v) is 16.2. The van der Waals surface area contributed by atoms with E-state index in [0.717, 1.165) is 25.1 Å². The van der Waals surface area contributed by atoms with Gasteiger partial charge in [0.1, 0.15) is 6.33 Å². The first-order valence-corrected chi connectivity index (χ1v) is 9.91. The number of carbonyl (C=O) groups excluding carboxylic acids is 2. The van der Waals surface area contributed by atoms with E-state index in [1.54, 1.807) is 0 Å². The fourth-order valence-electron chi connectivity index (χ4n) is 3.77. The van der Waals surface area contributed by atoms with Crippen molar-refractivity contribution in [1.29, 1.82) is 0 Å². The van der Waals surface area contributed by atoms with Crippen LogP contribution in [0.4, 0.5) is 5.69 Å². The number of hydrogen-bond acceptors (Lipinski definition) is 7. The molecule has 1 aromatic heterocycles. The summed E-state index contributed by atoms with van der Waals surface area (Å²) in [4.78, 5) is 29.2. The summed E-state index contributed by atoms with van der Waals surface area (Å²) in [6.45, 7) is 4.28. The van der Waals surface area contributed by atoms with Gasteiger partial charge in [-0.25, -0.2) is 4.68 Å². The Labute approximate surface area is 168 Å². The number of hydrogen-bond donors (Lipinski definition) is 1. The van der Waals surface area contributed by atoms with E-state index in [1.807, 2.05) is 29.2 Å². The predicted octanol–water partition coefficient (Wildman–Crippen LogP) is 0.172. The molecule has 1 N–H and O–H groups in total. The van der Waals surface area contributed by atoms with Crippen LogP contribution >= 0.6 is 0 Å². The number of aromatic nitrogens is 4. The first-order valence-electron chi connectivity index (χ1n) is 9.91. The van der Waals surface area contributed by atoms with Gasteiger partial charge in [0.25, 0.3) is 0 Å². The van der Waals surface area contributed by atoms with Gasteiger partial charge in [-0.15, -0.1) is 5.10 Å². The summed E-state index contributed by atoms with van der Waals surface area (Å²) in [5, 5.41) is 14.1. The number of nitrogens with one attached hydrogen (secondary N) is 1. The molecule has 0 spiro atoms. The van der Waals surface area contributed by atoms with Gasteiger partial charge in [0, 0.05) is 25.3 Å². The van der Waals surface area contributed by atoms with Crippen LogP contribution in [0.3, 0.4) is 0 Å². The lowest BCUT2D eigenvalue weighted by Crippen LogP contribution is -2.49. The van der Waals surface area contributed by atoms with E-state index in [0.29, 0.717) is 45.1 Å². The third-order valence-corrected chi connectivity index (χ3v) is 5.33. The highest BCUT2D eigenvalue weighted by molar-refractivity contribution is 5.93. The molecule has 2 saturated heterocycles. The number of likely N-dealkylation sites (tertiary alicyclic amines) is 1. The quantitative estimate of drug-likeness (QED) is 0.764. The van der Waals surface area contributed by atoms with Crippen LogP contribution in [0.5, 0.6) is 0 Å². The average molecular weight is 399 g/mol. The van der Waals surface area contributed by atoms with Crippen LogP contribution in [0.2, 0.25) is 0 Å². The summed E-state index contributed by atoms with van der Waals surface area (Å²) in [5.41, 5.74) is 1.47. The van der Waals surface area contributed by atoms with Crippen molar-refractivity contribution >= 4 is 17.5 Å². The Kier molecular flexibility index (Phi) is 6.11. The van der Waals surface area contributed by atoms with E-state index < -0.39 is 0 Å². The molecule has 10 nitrogen and oxygen atoms in total. The molecule has 3 heterocycles. The molecule has 2 aliphatic rings. The molecule has 1 atom stereocenters. The van der Waals surface area contributed by atoms with E-state index in [-0.39, 0.29) is 17.7 Å².